The van der Waals surface area contributed by atoms with Crippen molar-refractivity contribution >= 4 is 23.8 Å². The van der Waals surface area contributed by atoms with Gasteiger partial charge in [0.15, 0.2) is 0 Å². The van der Waals surface area contributed by atoms with E-state index < -0.39 is 12.0 Å². The van der Waals surface area contributed by atoms with Gasteiger partial charge in [-0.15, -0.1) is 11.8 Å². The summed E-state index contributed by atoms with van der Waals surface area (Å²) in [5, 5.41) is 11.7. The minimum atomic E-state index is -0.942. The van der Waals surface area contributed by atoms with Crippen molar-refractivity contribution in [3.8, 4) is 0 Å². The van der Waals surface area contributed by atoms with Crippen LogP contribution in [0.25, 0.3) is 0 Å². The number of hydrogen-bond acceptors (Lipinski definition) is 4. The van der Waals surface area contributed by atoms with Crippen molar-refractivity contribution in [3.05, 3.63) is 0 Å². The number of amides is 2. The van der Waals surface area contributed by atoms with Crippen LogP contribution < -0.4 is 5.32 Å². The fraction of sp³-hybridized carbons (Fsp3) is 0.833. The first kappa shape index (κ1) is 16.1. The average molecular weight is 290 g/mol. The summed E-state index contributed by atoms with van der Waals surface area (Å²) in [7, 11) is 0. The molecule has 2 amide bonds. The number of ether oxygens (including phenoxy) is 1. The molecule has 1 heterocycles. The van der Waals surface area contributed by atoms with Gasteiger partial charge in [-0.3, -0.25) is 0 Å². The van der Waals surface area contributed by atoms with Gasteiger partial charge in [0.25, 0.3) is 0 Å². The zero-order valence-corrected chi connectivity index (χ0v) is 12.1. The molecule has 1 aliphatic heterocycles. The highest BCUT2D eigenvalue weighted by molar-refractivity contribution is 7.99. The Hall–Kier alpha value is -0.950. The minimum Gasteiger partial charge on any atom is -0.480 e. The lowest BCUT2D eigenvalue weighted by Crippen LogP contribution is -2.47. The van der Waals surface area contributed by atoms with E-state index in [2.05, 4.69) is 12.2 Å². The fourth-order valence-corrected chi connectivity index (χ4v) is 2.81. The van der Waals surface area contributed by atoms with Crippen molar-refractivity contribution in [2.45, 2.75) is 32.2 Å². The topological polar surface area (TPSA) is 78.9 Å². The minimum absolute atomic E-state index is 0.300. The first-order valence-electron chi connectivity index (χ1n) is 6.59. The predicted octanol–water partition coefficient (Wildman–Crippen LogP) is 1.36. The van der Waals surface area contributed by atoms with Gasteiger partial charge >= 0.3 is 12.0 Å². The maximum Gasteiger partial charge on any atom is 0.327 e. The Morgan fingerprint density at radius 2 is 2.16 bits per heavy atom. The smallest absolute Gasteiger partial charge is 0.327 e. The van der Waals surface area contributed by atoms with Crippen LogP contribution in [-0.2, 0) is 9.53 Å². The Bertz CT molecular complexity index is 301. The van der Waals surface area contributed by atoms with Crippen molar-refractivity contribution in [1.29, 1.82) is 0 Å². The Morgan fingerprint density at radius 3 is 2.84 bits per heavy atom. The van der Waals surface area contributed by atoms with E-state index in [4.69, 9.17) is 9.84 Å². The highest BCUT2D eigenvalue weighted by Crippen LogP contribution is 2.20. The Balaban J connectivity index is 2.12. The van der Waals surface area contributed by atoms with Gasteiger partial charge in [-0.1, -0.05) is 13.3 Å². The molecule has 0 unspecified atom stereocenters. The molecule has 1 fully saturated rings. The molecule has 1 aliphatic rings. The van der Waals surface area contributed by atoms with Crippen LogP contribution in [0.2, 0.25) is 0 Å². The lowest BCUT2D eigenvalue weighted by Gasteiger charge is -2.20. The average Bonchev–Trinajstić information content (AvgIpc) is 2.87. The van der Waals surface area contributed by atoms with Crippen molar-refractivity contribution in [3.63, 3.8) is 0 Å². The lowest BCUT2D eigenvalue weighted by atomic mass is 10.3. The zero-order chi connectivity index (χ0) is 14.1. The highest BCUT2D eigenvalue weighted by atomic mass is 32.2. The Morgan fingerprint density at radius 1 is 1.42 bits per heavy atom. The maximum atomic E-state index is 11.8. The lowest BCUT2D eigenvalue weighted by molar-refractivity contribution is -0.140. The van der Waals surface area contributed by atoms with Crippen LogP contribution in [0.15, 0.2) is 0 Å². The second-order valence-corrected chi connectivity index (χ2v) is 5.37. The first-order chi connectivity index (χ1) is 9.16. The van der Waals surface area contributed by atoms with E-state index in [0.717, 1.165) is 25.9 Å². The number of thioether (sulfide) groups is 1. The van der Waals surface area contributed by atoms with E-state index in [1.54, 1.807) is 0 Å². The summed E-state index contributed by atoms with van der Waals surface area (Å²) in [5.41, 5.74) is 0. The quantitative estimate of drug-likeness (QED) is 0.660. The first-order valence-corrected chi connectivity index (χ1v) is 7.75. The Kier molecular flexibility index (Phi) is 7.66. The van der Waals surface area contributed by atoms with Gasteiger partial charge in [-0.25, -0.2) is 9.59 Å². The predicted molar refractivity (Wildman–Crippen MR) is 74.3 cm³/mol. The number of carbonyl (C=O) groups is 2. The van der Waals surface area contributed by atoms with Crippen LogP contribution in [-0.4, -0.2) is 59.4 Å². The number of unbranched alkanes of at least 4 members (excludes halogenated alkanes) is 1. The summed E-state index contributed by atoms with van der Waals surface area (Å²) in [6, 6.07) is -1.00. The molecule has 0 spiro atoms. The SMILES string of the molecule is CCCCOCCCNC(=O)N1CSC[C@H]1C(=O)O. The van der Waals surface area contributed by atoms with Gasteiger partial charge in [-0.2, -0.15) is 0 Å². The van der Waals surface area contributed by atoms with Crippen LogP contribution in [0, 0.1) is 0 Å². The number of urea groups is 1. The normalized spacial score (nSPS) is 18.6. The molecule has 0 aromatic heterocycles. The van der Waals surface area contributed by atoms with Crippen LogP contribution >= 0.6 is 11.8 Å². The zero-order valence-electron chi connectivity index (χ0n) is 11.3. The third-order valence-electron chi connectivity index (χ3n) is 2.81. The molecule has 0 saturated carbocycles. The van der Waals surface area contributed by atoms with Gasteiger partial charge < -0.3 is 20.1 Å². The number of nitrogens with one attached hydrogen (secondary N) is 1. The molecule has 0 aromatic carbocycles. The molecule has 1 atom stereocenters. The third kappa shape index (κ3) is 5.69. The van der Waals surface area contributed by atoms with Gasteiger partial charge in [0.2, 0.25) is 0 Å². The number of carboxylic acids is 1. The molecule has 0 radical (unpaired) electrons. The van der Waals surface area contributed by atoms with E-state index in [1.807, 2.05) is 0 Å². The molecular weight excluding hydrogens is 268 g/mol. The van der Waals surface area contributed by atoms with Crippen LogP contribution in [0.1, 0.15) is 26.2 Å². The summed E-state index contributed by atoms with van der Waals surface area (Å²) in [6.45, 7) is 4.00. The van der Waals surface area contributed by atoms with E-state index in [-0.39, 0.29) is 6.03 Å². The van der Waals surface area contributed by atoms with Crippen LogP contribution in [0.3, 0.4) is 0 Å². The van der Waals surface area contributed by atoms with Crippen LogP contribution in [0.4, 0.5) is 4.79 Å². The summed E-state index contributed by atoms with van der Waals surface area (Å²) in [5.74, 6) is -0.0402. The molecule has 1 saturated heterocycles. The fourth-order valence-electron chi connectivity index (χ4n) is 1.67. The number of hydrogen-bond donors (Lipinski definition) is 2. The Labute approximate surface area is 117 Å². The molecule has 6 nitrogen and oxygen atoms in total. The molecule has 0 aromatic rings. The third-order valence-corrected chi connectivity index (χ3v) is 3.82. The molecule has 7 heteroatoms. The molecule has 19 heavy (non-hydrogen) atoms. The molecular formula is C12H22N2O4S. The van der Waals surface area contributed by atoms with Gasteiger partial charge in [0, 0.05) is 25.5 Å². The van der Waals surface area contributed by atoms with Gasteiger partial charge in [-0.05, 0) is 12.8 Å². The van der Waals surface area contributed by atoms with E-state index >= 15 is 0 Å². The maximum absolute atomic E-state index is 11.8. The standard InChI is InChI=1S/C12H22N2O4S/c1-2-3-6-18-7-4-5-13-12(17)14-9-19-8-10(14)11(15)16/h10H,2-9H2,1H3,(H,13,17)(H,15,16)/t10-/m0/s1. The highest BCUT2D eigenvalue weighted by Gasteiger charge is 2.34. The molecule has 0 aliphatic carbocycles. The molecule has 2 N–H and O–H groups in total. The summed E-state index contributed by atoms with van der Waals surface area (Å²) in [4.78, 5) is 24.1. The number of rotatable bonds is 8. The second kappa shape index (κ2) is 9.03. The monoisotopic (exact) mass is 290 g/mol. The number of aliphatic carboxylic acids is 1. The van der Waals surface area contributed by atoms with Crippen molar-refractivity contribution in [2.75, 3.05) is 31.4 Å². The van der Waals surface area contributed by atoms with Gasteiger partial charge in [0.1, 0.15) is 6.04 Å². The molecule has 1 rings (SSSR count). The summed E-state index contributed by atoms with van der Waals surface area (Å²) < 4.78 is 5.38. The number of carboxylic acid groups (broad SMARTS) is 1. The van der Waals surface area contributed by atoms with Gasteiger partial charge in [0.05, 0.1) is 5.88 Å². The van der Waals surface area contributed by atoms with E-state index in [9.17, 15) is 9.59 Å². The number of carbonyl (C=O) groups excluding carboxylic acids is 1. The van der Waals surface area contributed by atoms with Crippen molar-refractivity contribution < 1.29 is 19.4 Å². The summed E-state index contributed by atoms with van der Waals surface area (Å²) in [6.07, 6.45) is 2.91. The summed E-state index contributed by atoms with van der Waals surface area (Å²) >= 11 is 1.46. The van der Waals surface area contributed by atoms with Crippen LogP contribution in [0.5, 0.6) is 0 Å². The van der Waals surface area contributed by atoms with Crippen molar-refractivity contribution in [2.24, 2.45) is 0 Å². The van der Waals surface area contributed by atoms with E-state index in [1.165, 1.54) is 16.7 Å². The largest absolute Gasteiger partial charge is 0.480 e. The van der Waals surface area contributed by atoms with E-state index in [0.29, 0.717) is 24.8 Å². The molecule has 110 valence electrons. The van der Waals surface area contributed by atoms with Crippen molar-refractivity contribution in [1.82, 2.24) is 10.2 Å². The molecule has 0 bridgehead atoms. The second-order valence-electron chi connectivity index (χ2n) is 4.38. The number of nitrogens with zero attached hydrogens (tertiary/aromatic N) is 1.